The summed E-state index contributed by atoms with van der Waals surface area (Å²) in [6, 6.07) is 6.59. The molecule has 1 saturated heterocycles. The molecule has 0 spiro atoms. The lowest BCUT2D eigenvalue weighted by Gasteiger charge is -2.32. The van der Waals surface area contributed by atoms with E-state index >= 15 is 0 Å². The third-order valence-electron chi connectivity index (χ3n) is 2.84. The first-order chi connectivity index (χ1) is 7.29. The standard InChI is InChI=1S/C12H16FNO/c1-2-14-7-8-15-12(9-14)10-3-5-11(13)6-4-10/h3-6,12H,2,7-9H2,1H3. The monoisotopic (exact) mass is 209 g/mol. The number of rotatable bonds is 2. The van der Waals surface area contributed by atoms with E-state index in [-0.39, 0.29) is 11.9 Å². The predicted molar refractivity (Wildman–Crippen MR) is 57.2 cm³/mol. The van der Waals surface area contributed by atoms with Crippen LogP contribution >= 0.6 is 0 Å². The number of hydrogen-bond acceptors (Lipinski definition) is 2. The first-order valence-corrected chi connectivity index (χ1v) is 5.39. The Kier molecular flexibility index (Phi) is 3.34. The van der Waals surface area contributed by atoms with Gasteiger partial charge >= 0.3 is 0 Å². The summed E-state index contributed by atoms with van der Waals surface area (Å²) in [5, 5.41) is 0. The maximum absolute atomic E-state index is 12.7. The van der Waals surface area contributed by atoms with Gasteiger partial charge in [0.15, 0.2) is 0 Å². The van der Waals surface area contributed by atoms with Crippen molar-refractivity contribution in [1.29, 1.82) is 0 Å². The van der Waals surface area contributed by atoms with Gasteiger partial charge in [-0.25, -0.2) is 4.39 Å². The van der Waals surface area contributed by atoms with Gasteiger partial charge in [-0.2, -0.15) is 0 Å². The van der Waals surface area contributed by atoms with Crippen molar-refractivity contribution in [2.45, 2.75) is 13.0 Å². The highest BCUT2D eigenvalue weighted by Crippen LogP contribution is 2.21. The zero-order valence-electron chi connectivity index (χ0n) is 8.95. The lowest BCUT2D eigenvalue weighted by atomic mass is 10.1. The summed E-state index contributed by atoms with van der Waals surface area (Å²) in [7, 11) is 0. The molecule has 0 saturated carbocycles. The normalized spacial score (nSPS) is 22.9. The van der Waals surface area contributed by atoms with E-state index in [0.29, 0.717) is 0 Å². The Morgan fingerprint density at radius 3 is 2.80 bits per heavy atom. The Morgan fingerprint density at radius 1 is 1.40 bits per heavy atom. The lowest BCUT2D eigenvalue weighted by Crippen LogP contribution is -2.38. The van der Waals surface area contributed by atoms with Crippen molar-refractivity contribution in [3.05, 3.63) is 35.6 Å². The van der Waals surface area contributed by atoms with Crippen LogP contribution in [0.3, 0.4) is 0 Å². The van der Waals surface area contributed by atoms with Crippen molar-refractivity contribution in [3.63, 3.8) is 0 Å². The van der Waals surface area contributed by atoms with Crippen molar-refractivity contribution >= 4 is 0 Å². The average molecular weight is 209 g/mol. The zero-order valence-corrected chi connectivity index (χ0v) is 8.95. The summed E-state index contributed by atoms with van der Waals surface area (Å²) >= 11 is 0. The predicted octanol–water partition coefficient (Wildman–Crippen LogP) is 2.22. The molecule has 0 radical (unpaired) electrons. The summed E-state index contributed by atoms with van der Waals surface area (Å²) in [4.78, 5) is 2.34. The average Bonchev–Trinajstić information content (AvgIpc) is 2.30. The highest BCUT2D eigenvalue weighted by Gasteiger charge is 2.20. The van der Waals surface area contributed by atoms with Crippen molar-refractivity contribution in [3.8, 4) is 0 Å². The fourth-order valence-electron chi connectivity index (χ4n) is 1.87. The molecule has 82 valence electrons. The molecule has 1 unspecified atom stereocenters. The molecule has 0 amide bonds. The minimum absolute atomic E-state index is 0.0966. The highest BCUT2D eigenvalue weighted by atomic mass is 19.1. The topological polar surface area (TPSA) is 12.5 Å². The number of ether oxygens (including phenoxy) is 1. The largest absolute Gasteiger partial charge is 0.371 e. The molecule has 0 aliphatic carbocycles. The molecule has 1 fully saturated rings. The molecule has 15 heavy (non-hydrogen) atoms. The van der Waals surface area contributed by atoms with E-state index in [4.69, 9.17) is 4.74 Å². The smallest absolute Gasteiger partial charge is 0.123 e. The van der Waals surface area contributed by atoms with Crippen LogP contribution < -0.4 is 0 Å². The van der Waals surface area contributed by atoms with Crippen molar-refractivity contribution in [2.24, 2.45) is 0 Å². The van der Waals surface area contributed by atoms with Gasteiger partial charge < -0.3 is 4.74 Å². The Hall–Kier alpha value is -0.930. The van der Waals surface area contributed by atoms with Gasteiger partial charge in [-0.15, -0.1) is 0 Å². The van der Waals surface area contributed by atoms with Crippen LogP contribution in [0.1, 0.15) is 18.6 Å². The summed E-state index contributed by atoms with van der Waals surface area (Å²) < 4.78 is 18.4. The number of halogens is 1. The maximum Gasteiger partial charge on any atom is 0.123 e. The third-order valence-corrected chi connectivity index (χ3v) is 2.84. The molecule has 2 nitrogen and oxygen atoms in total. The van der Waals surface area contributed by atoms with Crippen LogP contribution in [0.5, 0.6) is 0 Å². The minimum Gasteiger partial charge on any atom is -0.371 e. The fraction of sp³-hybridized carbons (Fsp3) is 0.500. The van der Waals surface area contributed by atoms with Crippen LogP contribution in [-0.4, -0.2) is 31.1 Å². The quantitative estimate of drug-likeness (QED) is 0.740. The van der Waals surface area contributed by atoms with Crippen molar-refractivity contribution in [2.75, 3.05) is 26.2 Å². The van der Waals surface area contributed by atoms with Gasteiger partial charge in [-0.3, -0.25) is 4.90 Å². The van der Waals surface area contributed by atoms with Gasteiger partial charge in [0.1, 0.15) is 5.82 Å². The zero-order chi connectivity index (χ0) is 10.7. The molecule has 1 aliphatic heterocycles. The van der Waals surface area contributed by atoms with Crippen molar-refractivity contribution < 1.29 is 9.13 Å². The van der Waals surface area contributed by atoms with E-state index in [1.807, 2.05) is 0 Å². The van der Waals surface area contributed by atoms with Gasteiger partial charge in [0.05, 0.1) is 12.7 Å². The van der Waals surface area contributed by atoms with Crippen LogP contribution in [-0.2, 0) is 4.74 Å². The summed E-state index contributed by atoms with van der Waals surface area (Å²) in [6.45, 7) is 5.85. The molecule has 0 bridgehead atoms. The molecule has 1 aromatic carbocycles. The molecular formula is C12H16FNO. The van der Waals surface area contributed by atoms with E-state index in [1.165, 1.54) is 12.1 Å². The van der Waals surface area contributed by atoms with Crippen LogP contribution in [0, 0.1) is 5.82 Å². The molecule has 1 atom stereocenters. The Labute approximate surface area is 89.7 Å². The molecule has 2 rings (SSSR count). The summed E-state index contributed by atoms with van der Waals surface area (Å²) in [5.74, 6) is -0.193. The molecule has 0 N–H and O–H groups in total. The van der Waals surface area contributed by atoms with E-state index < -0.39 is 0 Å². The molecule has 1 aromatic rings. The van der Waals surface area contributed by atoms with Gasteiger partial charge in [-0.05, 0) is 24.2 Å². The first kappa shape index (κ1) is 10.6. The number of nitrogens with zero attached hydrogens (tertiary/aromatic N) is 1. The highest BCUT2D eigenvalue weighted by molar-refractivity contribution is 5.19. The number of morpholine rings is 1. The van der Waals surface area contributed by atoms with E-state index in [2.05, 4.69) is 11.8 Å². The molecule has 3 heteroatoms. The van der Waals surface area contributed by atoms with Crippen LogP contribution in [0.25, 0.3) is 0 Å². The van der Waals surface area contributed by atoms with Gasteiger partial charge in [0.25, 0.3) is 0 Å². The fourth-order valence-corrected chi connectivity index (χ4v) is 1.87. The van der Waals surface area contributed by atoms with Crippen molar-refractivity contribution in [1.82, 2.24) is 4.90 Å². The van der Waals surface area contributed by atoms with E-state index in [1.54, 1.807) is 12.1 Å². The number of likely N-dealkylation sites (N-methyl/N-ethyl adjacent to an activating group) is 1. The third kappa shape index (κ3) is 2.55. The first-order valence-electron chi connectivity index (χ1n) is 5.39. The molecule has 0 aromatic heterocycles. The number of benzene rings is 1. The maximum atomic E-state index is 12.7. The Bertz CT molecular complexity index is 312. The van der Waals surface area contributed by atoms with Crippen LogP contribution in [0.4, 0.5) is 4.39 Å². The molecule has 1 aliphatic rings. The second-order valence-corrected chi connectivity index (χ2v) is 3.80. The van der Waals surface area contributed by atoms with Gasteiger partial charge in [0, 0.05) is 13.1 Å². The SMILES string of the molecule is CCN1CCOC(c2ccc(F)cc2)C1. The lowest BCUT2D eigenvalue weighted by molar-refractivity contribution is -0.0281. The van der Waals surface area contributed by atoms with Gasteiger partial charge in [-0.1, -0.05) is 19.1 Å². The number of hydrogen-bond donors (Lipinski definition) is 0. The summed E-state index contributed by atoms with van der Waals surface area (Å²) in [5.41, 5.74) is 1.06. The minimum atomic E-state index is -0.193. The van der Waals surface area contributed by atoms with Crippen LogP contribution in [0.2, 0.25) is 0 Å². The van der Waals surface area contributed by atoms with E-state index in [0.717, 1.165) is 31.8 Å². The summed E-state index contributed by atoms with van der Waals surface area (Å²) in [6.07, 6.45) is 0.0966. The Balaban J connectivity index is 2.06. The van der Waals surface area contributed by atoms with Crippen LogP contribution in [0.15, 0.2) is 24.3 Å². The second-order valence-electron chi connectivity index (χ2n) is 3.80. The molecule has 1 heterocycles. The second kappa shape index (κ2) is 4.73. The molecular weight excluding hydrogens is 193 g/mol. The van der Waals surface area contributed by atoms with Gasteiger partial charge in [0.2, 0.25) is 0 Å². The Morgan fingerprint density at radius 2 is 2.13 bits per heavy atom. The van der Waals surface area contributed by atoms with E-state index in [9.17, 15) is 4.39 Å².